The number of amides is 1. The molecule has 0 aromatic heterocycles. The van der Waals surface area contributed by atoms with E-state index >= 15 is 0 Å². The molecule has 1 aromatic rings. The van der Waals surface area contributed by atoms with Crippen molar-refractivity contribution in [2.75, 3.05) is 12.5 Å². The van der Waals surface area contributed by atoms with E-state index in [9.17, 15) is 14.9 Å². The van der Waals surface area contributed by atoms with Crippen LogP contribution in [-0.4, -0.2) is 28.8 Å². The van der Waals surface area contributed by atoms with Crippen molar-refractivity contribution in [1.82, 2.24) is 4.90 Å². The molecule has 1 aromatic carbocycles. The number of nitrogens with one attached hydrogen (secondary N) is 1. The van der Waals surface area contributed by atoms with Crippen LogP contribution in [0.25, 0.3) is 0 Å². The summed E-state index contributed by atoms with van der Waals surface area (Å²) < 4.78 is 0. The van der Waals surface area contributed by atoms with Crippen LogP contribution in [0.2, 0.25) is 0 Å². The third-order valence-corrected chi connectivity index (χ3v) is 2.97. The molecule has 0 spiro atoms. The SMILES string of the molecule is CC(CC#N)N(C)C(=O)c1cc([N+](=O)[O-])ccc1NN. The Labute approximate surface area is 115 Å². The predicted molar refractivity (Wildman–Crippen MR) is 72.7 cm³/mol. The minimum Gasteiger partial charge on any atom is -0.338 e. The average molecular weight is 277 g/mol. The number of hydrazine groups is 1. The van der Waals surface area contributed by atoms with Gasteiger partial charge in [0.1, 0.15) is 0 Å². The van der Waals surface area contributed by atoms with Crippen molar-refractivity contribution in [3.05, 3.63) is 33.9 Å². The number of nitrogens with two attached hydrogens (primary N) is 1. The van der Waals surface area contributed by atoms with Crippen LogP contribution in [0.5, 0.6) is 0 Å². The molecule has 0 aliphatic rings. The Morgan fingerprint density at radius 3 is 2.80 bits per heavy atom. The van der Waals surface area contributed by atoms with Crippen molar-refractivity contribution in [1.29, 1.82) is 5.26 Å². The number of rotatable bonds is 5. The van der Waals surface area contributed by atoms with Gasteiger partial charge in [0.15, 0.2) is 0 Å². The summed E-state index contributed by atoms with van der Waals surface area (Å²) in [6.45, 7) is 1.72. The van der Waals surface area contributed by atoms with Gasteiger partial charge in [-0.3, -0.25) is 20.8 Å². The number of nitrogen functional groups attached to an aromatic ring is 1. The van der Waals surface area contributed by atoms with Crippen LogP contribution in [0.1, 0.15) is 23.7 Å². The molecular weight excluding hydrogens is 262 g/mol. The molecule has 0 aliphatic carbocycles. The molecule has 1 rings (SSSR count). The van der Waals surface area contributed by atoms with Gasteiger partial charge in [0.05, 0.1) is 28.7 Å². The zero-order valence-corrected chi connectivity index (χ0v) is 11.2. The summed E-state index contributed by atoms with van der Waals surface area (Å²) in [5.74, 6) is 4.87. The standard InChI is InChI=1S/C12H15N5O3/c1-8(5-6-13)16(2)12(18)10-7-9(17(19)20)3-4-11(10)15-14/h3-4,7-8,15H,5,14H2,1-2H3. The maximum absolute atomic E-state index is 12.3. The number of nitrogens with zero attached hydrogens (tertiary/aromatic N) is 3. The number of nitro benzene ring substituents is 1. The van der Waals surface area contributed by atoms with E-state index in [1.165, 1.54) is 24.1 Å². The highest BCUT2D eigenvalue weighted by Crippen LogP contribution is 2.23. The number of hydrogen-bond donors (Lipinski definition) is 2. The van der Waals surface area contributed by atoms with E-state index in [1.807, 2.05) is 6.07 Å². The molecule has 0 aliphatic heterocycles. The molecule has 0 bridgehead atoms. The second kappa shape index (κ2) is 6.49. The Kier molecular flexibility index (Phi) is 5.00. The Balaban J connectivity index is 3.16. The molecule has 0 radical (unpaired) electrons. The lowest BCUT2D eigenvalue weighted by Crippen LogP contribution is -2.35. The number of nitro groups is 1. The molecule has 106 valence electrons. The molecule has 8 heteroatoms. The smallest absolute Gasteiger partial charge is 0.270 e. The number of anilines is 1. The molecule has 0 fully saturated rings. The van der Waals surface area contributed by atoms with Crippen LogP contribution in [-0.2, 0) is 0 Å². The van der Waals surface area contributed by atoms with Gasteiger partial charge in [0.2, 0.25) is 0 Å². The monoisotopic (exact) mass is 277 g/mol. The third kappa shape index (κ3) is 3.21. The second-order valence-corrected chi connectivity index (χ2v) is 4.26. The topological polar surface area (TPSA) is 125 Å². The van der Waals surface area contributed by atoms with Gasteiger partial charge >= 0.3 is 0 Å². The molecule has 1 atom stereocenters. The second-order valence-electron chi connectivity index (χ2n) is 4.26. The molecule has 8 nitrogen and oxygen atoms in total. The fourth-order valence-corrected chi connectivity index (χ4v) is 1.61. The number of hydrogen-bond acceptors (Lipinski definition) is 6. The van der Waals surface area contributed by atoms with Gasteiger partial charge in [-0.25, -0.2) is 0 Å². The highest BCUT2D eigenvalue weighted by Gasteiger charge is 2.22. The lowest BCUT2D eigenvalue weighted by Gasteiger charge is -2.23. The average Bonchev–Trinajstić information content (AvgIpc) is 2.45. The van der Waals surface area contributed by atoms with E-state index < -0.39 is 10.8 Å². The molecule has 20 heavy (non-hydrogen) atoms. The van der Waals surface area contributed by atoms with E-state index in [0.717, 1.165) is 6.07 Å². The molecule has 1 unspecified atom stereocenters. The summed E-state index contributed by atoms with van der Waals surface area (Å²) in [6.07, 6.45) is 0.169. The van der Waals surface area contributed by atoms with Gasteiger partial charge in [-0.15, -0.1) is 0 Å². The highest BCUT2D eigenvalue weighted by molar-refractivity contribution is 6.00. The van der Waals surface area contributed by atoms with E-state index in [4.69, 9.17) is 11.1 Å². The van der Waals surface area contributed by atoms with Gasteiger partial charge in [-0.2, -0.15) is 5.26 Å². The summed E-state index contributed by atoms with van der Waals surface area (Å²) in [6, 6.07) is 5.45. The number of nitriles is 1. The van der Waals surface area contributed by atoms with Crippen LogP contribution < -0.4 is 11.3 Å². The first-order chi connectivity index (χ1) is 9.42. The zero-order valence-electron chi connectivity index (χ0n) is 11.2. The van der Waals surface area contributed by atoms with E-state index in [-0.39, 0.29) is 29.4 Å². The molecular formula is C12H15N5O3. The van der Waals surface area contributed by atoms with Gasteiger partial charge in [-0.05, 0) is 13.0 Å². The normalized spacial score (nSPS) is 11.3. The first-order valence-electron chi connectivity index (χ1n) is 5.81. The molecule has 0 saturated carbocycles. The number of benzene rings is 1. The maximum Gasteiger partial charge on any atom is 0.270 e. The lowest BCUT2D eigenvalue weighted by atomic mass is 10.1. The fourth-order valence-electron chi connectivity index (χ4n) is 1.61. The van der Waals surface area contributed by atoms with Gasteiger partial charge in [0, 0.05) is 25.2 Å². The van der Waals surface area contributed by atoms with Crippen molar-refractivity contribution in [2.45, 2.75) is 19.4 Å². The quantitative estimate of drug-likeness (QED) is 0.474. The summed E-state index contributed by atoms with van der Waals surface area (Å²) in [4.78, 5) is 23.8. The van der Waals surface area contributed by atoms with E-state index in [2.05, 4.69) is 5.43 Å². The first kappa shape index (κ1) is 15.4. The first-order valence-corrected chi connectivity index (χ1v) is 5.81. The summed E-state index contributed by atoms with van der Waals surface area (Å²) in [7, 11) is 1.53. The minimum absolute atomic E-state index is 0.0917. The van der Waals surface area contributed by atoms with E-state index in [1.54, 1.807) is 6.92 Å². The fraction of sp³-hybridized carbons (Fsp3) is 0.333. The lowest BCUT2D eigenvalue weighted by molar-refractivity contribution is -0.384. The van der Waals surface area contributed by atoms with Crippen LogP contribution in [0, 0.1) is 21.4 Å². The van der Waals surface area contributed by atoms with Crippen LogP contribution >= 0.6 is 0 Å². The molecule has 3 N–H and O–H groups in total. The van der Waals surface area contributed by atoms with Crippen molar-refractivity contribution >= 4 is 17.3 Å². The number of non-ortho nitro benzene ring substituents is 1. The largest absolute Gasteiger partial charge is 0.338 e. The predicted octanol–water partition coefficient (Wildman–Crippen LogP) is 1.25. The molecule has 1 amide bonds. The minimum atomic E-state index is -0.588. The van der Waals surface area contributed by atoms with Gasteiger partial charge < -0.3 is 10.3 Å². The van der Waals surface area contributed by atoms with Crippen molar-refractivity contribution in [2.24, 2.45) is 5.84 Å². The summed E-state index contributed by atoms with van der Waals surface area (Å²) >= 11 is 0. The third-order valence-electron chi connectivity index (χ3n) is 2.97. The van der Waals surface area contributed by atoms with E-state index in [0.29, 0.717) is 0 Å². The van der Waals surface area contributed by atoms with Crippen molar-refractivity contribution in [3.63, 3.8) is 0 Å². The Morgan fingerprint density at radius 1 is 1.65 bits per heavy atom. The van der Waals surface area contributed by atoms with Crippen molar-refractivity contribution in [3.8, 4) is 6.07 Å². The maximum atomic E-state index is 12.3. The Bertz CT molecular complexity index is 567. The van der Waals surface area contributed by atoms with Gasteiger partial charge in [0.25, 0.3) is 11.6 Å². The number of carbonyl (C=O) groups excluding carboxylic acids is 1. The van der Waals surface area contributed by atoms with Crippen LogP contribution in [0.15, 0.2) is 18.2 Å². The van der Waals surface area contributed by atoms with Gasteiger partial charge in [-0.1, -0.05) is 0 Å². The Morgan fingerprint density at radius 2 is 2.30 bits per heavy atom. The molecule has 0 saturated heterocycles. The van der Waals surface area contributed by atoms with Crippen LogP contribution in [0.3, 0.4) is 0 Å². The van der Waals surface area contributed by atoms with Crippen molar-refractivity contribution < 1.29 is 9.72 Å². The summed E-state index contributed by atoms with van der Waals surface area (Å²) in [5, 5.41) is 19.4. The number of carbonyl (C=O) groups is 1. The zero-order chi connectivity index (χ0) is 15.3. The van der Waals surface area contributed by atoms with Crippen LogP contribution in [0.4, 0.5) is 11.4 Å². The molecule has 0 heterocycles. The summed E-state index contributed by atoms with van der Waals surface area (Å²) in [5.41, 5.74) is 2.51. The Hall–Kier alpha value is -2.66. The highest BCUT2D eigenvalue weighted by atomic mass is 16.6.